The van der Waals surface area contributed by atoms with Crippen LogP contribution < -0.4 is 9.80 Å². The zero-order valence-electron chi connectivity index (χ0n) is 20.4. The highest BCUT2D eigenvalue weighted by atomic mass is 15.1. The monoisotopic (exact) mass is 464 g/mol. The lowest BCUT2D eigenvalue weighted by molar-refractivity contribution is 0.768. The van der Waals surface area contributed by atoms with Gasteiger partial charge in [0.25, 0.3) is 0 Å². The largest absolute Gasteiger partial charge is 0.341 e. The first kappa shape index (κ1) is 20.2. The molecule has 6 aromatic carbocycles. The molecule has 0 unspecified atom stereocenters. The molecule has 0 aliphatic carbocycles. The van der Waals surface area contributed by atoms with Crippen LogP contribution in [-0.4, -0.2) is 13.1 Å². The molecule has 0 aromatic heterocycles. The maximum absolute atomic E-state index is 2.55. The van der Waals surface area contributed by atoms with Gasteiger partial charge in [0.05, 0.1) is 0 Å². The fourth-order valence-electron chi connectivity index (χ4n) is 6.81. The van der Waals surface area contributed by atoms with Crippen LogP contribution >= 0.6 is 0 Å². The van der Waals surface area contributed by atoms with E-state index < -0.39 is 0 Å². The van der Waals surface area contributed by atoms with Crippen LogP contribution in [0.25, 0.3) is 32.3 Å². The zero-order valence-corrected chi connectivity index (χ0v) is 20.4. The van der Waals surface area contributed by atoms with Crippen LogP contribution in [0, 0.1) is 0 Å². The molecular formula is C34H28N2. The summed E-state index contributed by atoms with van der Waals surface area (Å²) in [5.74, 6) is 0. The minimum absolute atomic E-state index is 1.07. The first-order valence-corrected chi connectivity index (χ1v) is 13.3. The summed E-state index contributed by atoms with van der Waals surface area (Å²) in [6.07, 6.45) is 4.72. The van der Waals surface area contributed by atoms with E-state index in [0.29, 0.717) is 0 Å². The van der Waals surface area contributed by atoms with Gasteiger partial charge in [-0.15, -0.1) is 0 Å². The van der Waals surface area contributed by atoms with E-state index in [2.05, 4.69) is 107 Å². The summed E-state index contributed by atoms with van der Waals surface area (Å²) >= 11 is 0. The molecule has 0 atom stereocenters. The van der Waals surface area contributed by atoms with E-state index in [1.165, 1.54) is 91.9 Å². The molecule has 0 N–H and O–H groups in total. The lowest BCUT2D eigenvalue weighted by Gasteiger charge is -2.33. The number of anilines is 4. The summed E-state index contributed by atoms with van der Waals surface area (Å²) in [5.41, 5.74) is 8.31. The molecule has 2 aliphatic rings. The van der Waals surface area contributed by atoms with Gasteiger partial charge in [-0.25, -0.2) is 0 Å². The van der Waals surface area contributed by atoms with Gasteiger partial charge in [-0.1, -0.05) is 72.8 Å². The molecule has 0 saturated carbocycles. The molecule has 2 nitrogen and oxygen atoms in total. The second-order valence-electron chi connectivity index (χ2n) is 10.4. The minimum atomic E-state index is 1.07. The summed E-state index contributed by atoms with van der Waals surface area (Å²) in [4.78, 5) is 5.10. The average Bonchev–Trinajstić information content (AvgIpc) is 2.95. The Labute approximate surface area is 211 Å². The second-order valence-corrected chi connectivity index (χ2v) is 10.4. The fourth-order valence-corrected chi connectivity index (χ4v) is 6.81. The van der Waals surface area contributed by atoms with E-state index >= 15 is 0 Å². The number of aryl methyl sites for hydroxylation is 2. The molecule has 0 spiro atoms. The molecule has 0 radical (unpaired) electrons. The molecule has 6 aromatic rings. The number of benzene rings is 6. The molecule has 0 amide bonds. The van der Waals surface area contributed by atoms with Crippen LogP contribution in [0.15, 0.2) is 97.1 Å². The molecule has 36 heavy (non-hydrogen) atoms. The van der Waals surface area contributed by atoms with Crippen molar-refractivity contribution in [1.29, 1.82) is 0 Å². The number of hydrogen-bond acceptors (Lipinski definition) is 2. The van der Waals surface area contributed by atoms with E-state index in [1.54, 1.807) is 0 Å². The zero-order chi connectivity index (χ0) is 23.6. The van der Waals surface area contributed by atoms with Crippen LogP contribution in [0.3, 0.4) is 0 Å². The van der Waals surface area contributed by atoms with E-state index in [-0.39, 0.29) is 0 Å². The molecule has 0 fully saturated rings. The minimum Gasteiger partial charge on any atom is -0.341 e. The molecule has 2 heterocycles. The number of nitrogens with zero attached hydrogens (tertiary/aromatic N) is 2. The van der Waals surface area contributed by atoms with E-state index in [4.69, 9.17) is 0 Å². The standard InChI is InChI=1S/C34H28N2/c1-3-11-29-23(7-1)9-5-21-35(29)31-19-15-25-14-18-28-32(20-16-26-13-17-27(31)33(25)34(26)28)36-22-6-10-24-8-2-4-12-30(24)36/h1-4,7-8,11-20H,5-6,9-10,21-22H2. The predicted molar refractivity (Wildman–Crippen MR) is 154 cm³/mol. The van der Waals surface area contributed by atoms with Gasteiger partial charge in [0.2, 0.25) is 0 Å². The van der Waals surface area contributed by atoms with Crippen molar-refractivity contribution in [2.24, 2.45) is 0 Å². The maximum Gasteiger partial charge on any atom is 0.0491 e. The van der Waals surface area contributed by atoms with Crippen molar-refractivity contribution in [3.8, 4) is 0 Å². The van der Waals surface area contributed by atoms with Crippen molar-refractivity contribution in [2.75, 3.05) is 22.9 Å². The van der Waals surface area contributed by atoms with Crippen molar-refractivity contribution in [3.05, 3.63) is 108 Å². The smallest absolute Gasteiger partial charge is 0.0491 e. The van der Waals surface area contributed by atoms with Crippen LogP contribution in [-0.2, 0) is 12.8 Å². The SMILES string of the molecule is c1ccc2c(c1)CCCN2c1ccc2ccc3c(N4CCCc5ccccc54)ccc4ccc1c2c43. The Morgan fingerprint density at radius 1 is 0.417 bits per heavy atom. The van der Waals surface area contributed by atoms with E-state index in [1.807, 2.05) is 0 Å². The van der Waals surface area contributed by atoms with Crippen molar-refractivity contribution in [2.45, 2.75) is 25.7 Å². The van der Waals surface area contributed by atoms with Crippen molar-refractivity contribution >= 4 is 55.1 Å². The van der Waals surface area contributed by atoms with Crippen LogP contribution in [0.1, 0.15) is 24.0 Å². The summed E-state index contributed by atoms with van der Waals surface area (Å²) in [7, 11) is 0. The van der Waals surface area contributed by atoms with Gasteiger partial charge in [-0.05, 0) is 82.6 Å². The molecule has 0 saturated heterocycles. The number of fused-ring (bicyclic) bond motifs is 2. The maximum atomic E-state index is 2.55. The van der Waals surface area contributed by atoms with Gasteiger partial charge in [-0.2, -0.15) is 0 Å². The predicted octanol–water partition coefficient (Wildman–Crippen LogP) is 8.75. The van der Waals surface area contributed by atoms with Gasteiger partial charge in [0, 0.05) is 46.6 Å². The van der Waals surface area contributed by atoms with Crippen LogP contribution in [0.2, 0.25) is 0 Å². The quantitative estimate of drug-likeness (QED) is 0.236. The molecule has 174 valence electrons. The number of hydrogen-bond donors (Lipinski definition) is 0. The summed E-state index contributed by atoms with van der Waals surface area (Å²) in [5, 5.41) is 8.18. The highest BCUT2D eigenvalue weighted by molar-refractivity contribution is 6.27. The summed E-state index contributed by atoms with van der Waals surface area (Å²) in [6, 6.07) is 36.6. The fraction of sp³-hybridized carbons (Fsp3) is 0.176. The van der Waals surface area contributed by atoms with Gasteiger partial charge >= 0.3 is 0 Å². The first-order valence-electron chi connectivity index (χ1n) is 13.3. The van der Waals surface area contributed by atoms with Crippen LogP contribution in [0.4, 0.5) is 22.7 Å². The number of rotatable bonds is 2. The molecule has 0 bridgehead atoms. The van der Waals surface area contributed by atoms with Crippen molar-refractivity contribution < 1.29 is 0 Å². The molecular weight excluding hydrogens is 436 g/mol. The van der Waals surface area contributed by atoms with Crippen molar-refractivity contribution in [3.63, 3.8) is 0 Å². The third-order valence-electron chi connectivity index (χ3n) is 8.42. The van der Waals surface area contributed by atoms with E-state index in [9.17, 15) is 0 Å². The van der Waals surface area contributed by atoms with Gasteiger partial charge in [0.15, 0.2) is 0 Å². The first-order chi connectivity index (χ1) is 17.9. The summed E-state index contributed by atoms with van der Waals surface area (Å²) < 4.78 is 0. The van der Waals surface area contributed by atoms with Gasteiger partial charge < -0.3 is 9.80 Å². The number of para-hydroxylation sites is 2. The highest BCUT2D eigenvalue weighted by Crippen LogP contribution is 2.46. The molecule has 8 rings (SSSR count). The molecule has 2 heteroatoms. The van der Waals surface area contributed by atoms with Crippen molar-refractivity contribution in [1.82, 2.24) is 0 Å². The molecule has 2 aliphatic heterocycles. The average molecular weight is 465 g/mol. The Morgan fingerprint density at radius 2 is 0.861 bits per heavy atom. The highest BCUT2D eigenvalue weighted by Gasteiger charge is 2.23. The van der Waals surface area contributed by atoms with Gasteiger partial charge in [0.1, 0.15) is 0 Å². The Balaban J connectivity index is 1.38. The Morgan fingerprint density at radius 3 is 1.36 bits per heavy atom. The third kappa shape index (κ3) is 2.85. The second kappa shape index (κ2) is 7.73. The Kier molecular flexibility index (Phi) is 4.33. The lowest BCUT2D eigenvalue weighted by Crippen LogP contribution is -2.25. The third-order valence-corrected chi connectivity index (χ3v) is 8.42. The lowest BCUT2D eigenvalue weighted by atomic mass is 9.91. The summed E-state index contributed by atoms with van der Waals surface area (Å²) in [6.45, 7) is 2.13. The van der Waals surface area contributed by atoms with Crippen LogP contribution in [0.5, 0.6) is 0 Å². The Bertz CT molecular complexity index is 1630. The van der Waals surface area contributed by atoms with E-state index in [0.717, 1.165) is 13.1 Å². The normalized spacial score (nSPS) is 15.6. The topological polar surface area (TPSA) is 6.48 Å². The Hall–Kier alpha value is -4.04. The van der Waals surface area contributed by atoms with Gasteiger partial charge in [-0.3, -0.25) is 0 Å².